The summed E-state index contributed by atoms with van der Waals surface area (Å²) < 4.78 is 0. The molecule has 1 atom stereocenters. The zero-order valence-corrected chi connectivity index (χ0v) is 12.6. The minimum absolute atomic E-state index is 0.0288. The number of amides is 1. The fourth-order valence-electron chi connectivity index (χ4n) is 1.60. The minimum atomic E-state index is -0.157. The lowest BCUT2D eigenvalue weighted by atomic mass is 10.1. The molecule has 0 radical (unpaired) electrons. The normalized spacial score (nSPS) is 12.6. The van der Waals surface area contributed by atoms with Crippen LogP contribution in [0.15, 0.2) is 28.2 Å². The molecular formula is C14H22N6O. The van der Waals surface area contributed by atoms with Gasteiger partial charge in [-0.3, -0.25) is 4.79 Å². The quantitative estimate of drug-likeness (QED) is 0.490. The number of nitrogens with one attached hydrogen (secondary N) is 1. The molecule has 114 valence electrons. The van der Waals surface area contributed by atoms with Crippen molar-refractivity contribution < 1.29 is 4.79 Å². The van der Waals surface area contributed by atoms with Crippen molar-refractivity contribution in [1.29, 1.82) is 0 Å². The van der Waals surface area contributed by atoms with Gasteiger partial charge in [0, 0.05) is 11.6 Å². The summed E-state index contributed by atoms with van der Waals surface area (Å²) >= 11 is 0. The lowest BCUT2D eigenvalue weighted by molar-refractivity contribution is -0.119. The molecule has 0 aliphatic heterocycles. The van der Waals surface area contributed by atoms with E-state index in [2.05, 4.69) is 15.3 Å². The van der Waals surface area contributed by atoms with Gasteiger partial charge in [-0.15, -0.1) is 0 Å². The van der Waals surface area contributed by atoms with E-state index in [0.29, 0.717) is 11.4 Å². The van der Waals surface area contributed by atoms with Crippen LogP contribution in [0, 0.1) is 12.8 Å². The molecule has 21 heavy (non-hydrogen) atoms. The highest BCUT2D eigenvalue weighted by Crippen LogP contribution is 2.26. The Hall–Kier alpha value is -2.57. The Labute approximate surface area is 124 Å². The van der Waals surface area contributed by atoms with E-state index in [4.69, 9.17) is 17.2 Å². The highest BCUT2D eigenvalue weighted by molar-refractivity contribution is 5.95. The maximum atomic E-state index is 11.9. The van der Waals surface area contributed by atoms with E-state index in [1.807, 2.05) is 26.8 Å². The van der Waals surface area contributed by atoms with Gasteiger partial charge in [0.05, 0.1) is 5.69 Å². The first kappa shape index (κ1) is 16.5. The molecule has 0 spiro atoms. The SMILES string of the molecule is CCC(C)C(=O)Nc1cccc(N=C(N)N=C(N)N)c1C. The monoisotopic (exact) mass is 290 g/mol. The van der Waals surface area contributed by atoms with Crippen LogP contribution in [0.4, 0.5) is 11.4 Å². The predicted molar refractivity (Wildman–Crippen MR) is 86.4 cm³/mol. The number of rotatable bonds is 4. The van der Waals surface area contributed by atoms with E-state index >= 15 is 0 Å². The Morgan fingerprint density at radius 3 is 2.57 bits per heavy atom. The van der Waals surface area contributed by atoms with Crippen LogP contribution in [-0.4, -0.2) is 17.8 Å². The fourth-order valence-corrected chi connectivity index (χ4v) is 1.60. The maximum Gasteiger partial charge on any atom is 0.227 e. The van der Waals surface area contributed by atoms with Crippen LogP contribution in [0.3, 0.4) is 0 Å². The Balaban J connectivity index is 3.04. The van der Waals surface area contributed by atoms with E-state index in [9.17, 15) is 4.79 Å². The van der Waals surface area contributed by atoms with Crippen molar-refractivity contribution in [3.8, 4) is 0 Å². The van der Waals surface area contributed by atoms with E-state index in [1.54, 1.807) is 12.1 Å². The summed E-state index contributed by atoms with van der Waals surface area (Å²) in [7, 11) is 0. The van der Waals surface area contributed by atoms with Gasteiger partial charge in [-0.05, 0) is 31.0 Å². The van der Waals surface area contributed by atoms with E-state index in [0.717, 1.165) is 12.0 Å². The van der Waals surface area contributed by atoms with Crippen LogP contribution in [0.25, 0.3) is 0 Å². The van der Waals surface area contributed by atoms with Crippen molar-refractivity contribution in [3.63, 3.8) is 0 Å². The Morgan fingerprint density at radius 2 is 2.00 bits per heavy atom. The van der Waals surface area contributed by atoms with Crippen molar-refractivity contribution in [2.45, 2.75) is 27.2 Å². The number of anilines is 1. The van der Waals surface area contributed by atoms with Gasteiger partial charge < -0.3 is 22.5 Å². The van der Waals surface area contributed by atoms with Crippen molar-refractivity contribution in [1.82, 2.24) is 0 Å². The molecule has 1 rings (SSSR count). The number of hydrogen-bond donors (Lipinski definition) is 4. The zero-order chi connectivity index (χ0) is 16.0. The van der Waals surface area contributed by atoms with Gasteiger partial charge in [0.15, 0.2) is 5.96 Å². The largest absolute Gasteiger partial charge is 0.370 e. The molecule has 0 fully saturated rings. The summed E-state index contributed by atoms with van der Waals surface area (Å²) in [6.45, 7) is 5.69. The van der Waals surface area contributed by atoms with Gasteiger partial charge in [0.1, 0.15) is 0 Å². The standard InChI is InChI=1S/C14H22N6O/c1-4-8(2)12(21)18-10-6-5-7-11(9(10)3)19-14(17)20-13(15)16/h5-8H,4H2,1-3H3,(H,18,21)(H6,15,16,17,19,20). The molecule has 1 amide bonds. The average Bonchev–Trinajstić information content (AvgIpc) is 2.41. The second-order valence-corrected chi connectivity index (χ2v) is 4.75. The van der Waals surface area contributed by atoms with Crippen LogP contribution in [0.1, 0.15) is 25.8 Å². The third kappa shape index (κ3) is 4.79. The lowest BCUT2D eigenvalue weighted by Gasteiger charge is -2.13. The van der Waals surface area contributed by atoms with E-state index in [-0.39, 0.29) is 23.7 Å². The van der Waals surface area contributed by atoms with Gasteiger partial charge >= 0.3 is 0 Å². The molecular weight excluding hydrogens is 268 g/mol. The van der Waals surface area contributed by atoms with Crippen molar-refractivity contribution in [2.75, 3.05) is 5.32 Å². The third-order valence-corrected chi connectivity index (χ3v) is 3.10. The number of guanidine groups is 2. The second kappa shape index (κ2) is 7.28. The van der Waals surface area contributed by atoms with Crippen LogP contribution in [-0.2, 0) is 4.79 Å². The number of benzene rings is 1. The molecule has 0 saturated heterocycles. The number of carbonyl (C=O) groups excluding carboxylic acids is 1. The Kier molecular flexibility index (Phi) is 5.71. The summed E-state index contributed by atoms with van der Waals surface area (Å²) in [6.07, 6.45) is 0.778. The second-order valence-electron chi connectivity index (χ2n) is 4.75. The molecule has 0 bridgehead atoms. The zero-order valence-electron chi connectivity index (χ0n) is 12.6. The highest BCUT2D eigenvalue weighted by Gasteiger charge is 2.12. The van der Waals surface area contributed by atoms with E-state index < -0.39 is 0 Å². The molecule has 7 N–H and O–H groups in total. The molecule has 7 heteroatoms. The van der Waals surface area contributed by atoms with Crippen molar-refractivity contribution >= 4 is 29.2 Å². The molecule has 7 nitrogen and oxygen atoms in total. The molecule has 1 unspecified atom stereocenters. The smallest absolute Gasteiger partial charge is 0.227 e. The van der Waals surface area contributed by atoms with Crippen LogP contribution in [0.5, 0.6) is 0 Å². The molecule has 1 aromatic carbocycles. The summed E-state index contributed by atoms with van der Waals surface area (Å²) in [5.41, 5.74) is 18.2. The topological polar surface area (TPSA) is 132 Å². The van der Waals surface area contributed by atoms with Gasteiger partial charge in [-0.2, -0.15) is 4.99 Å². The van der Waals surface area contributed by atoms with Crippen molar-refractivity contribution in [3.05, 3.63) is 23.8 Å². The molecule has 0 aromatic heterocycles. The first-order chi connectivity index (χ1) is 9.85. The number of nitrogens with zero attached hydrogens (tertiary/aromatic N) is 2. The van der Waals surface area contributed by atoms with E-state index in [1.165, 1.54) is 0 Å². The third-order valence-electron chi connectivity index (χ3n) is 3.10. The fraction of sp³-hybridized carbons (Fsp3) is 0.357. The number of aliphatic imine (C=N–C) groups is 2. The van der Waals surface area contributed by atoms with Crippen LogP contribution >= 0.6 is 0 Å². The first-order valence-electron chi connectivity index (χ1n) is 6.69. The molecule has 0 heterocycles. The molecule has 0 saturated carbocycles. The minimum Gasteiger partial charge on any atom is -0.370 e. The summed E-state index contributed by atoms with van der Waals surface area (Å²) in [5, 5.41) is 2.88. The predicted octanol–water partition coefficient (Wildman–Crippen LogP) is 1.20. The molecule has 1 aromatic rings. The average molecular weight is 290 g/mol. The maximum absolute atomic E-state index is 11.9. The number of nitrogens with two attached hydrogens (primary N) is 3. The molecule has 0 aliphatic carbocycles. The van der Waals surface area contributed by atoms with Gasteiger partial charge in [-0.25, -0.2) is 4.99 Å². The van der Waals surface area contributed by atoms with Crippen LogP contribution < -0.4 is 22.5 Å². The van der Waals surface area contributed by atoms with Crippen molar-refractivity contribution in [2.24, 2.45) is 33.1 Å². The van der Waals surface area contributed by atoms with Gasteiger partial charge in [0.2, 0.25) is 11.9 Å². The first-order valence-corrected chi connectivity index (χ1v) is 6.69. The summed E-state index contributed by atoms with van der Waals surface area (Å²) in [5.74, 6) is -0.277. The summed E-state index contributed by atoms with van der Waals surface area (Å²) in [6, 6.07) is 5.36. The number of hydrogen-bond acceptors (Lipinski definition) is 2. The number of carbonyl (C=O) groups is 1. The van der Waals surface area contributed by atoms with Gasteiger partial charge in [-0.1, -0.05) is 19.9 Å². The Morgan fingerprint density at radius 1 is 1.33 bits per heavy atom. The molecule has 0 aliphatic rings. The summed E-state index contributed by atoms with van der Waals surface area (Å²) in [4.78, 5) is 19.7. The Bertz CT molecular complexity index is 575. The lowest BCUT2D eigenvalue weighted by Crippen LogP contribution is -2.26. The van der Waals surface area contributed by atoms with Crippen LogP contribution in [0.2, 0.25) is 0 Å². The van der Waals surface area contributed by atoms with Gasteiger partial charge in [0.25, 0.3) is 0 Å². The highest BCUT2D eigenvalue weighted by atomic mass is 16.1.